The third-order valence-electron chi connectivity index (χ3n) is 2.70. The molecule has 0 unspecified atom stereocenters. The van der Waals surface area contributed by atoms with E-state index >= 15 is 0 Å². The van der Waals surface area contributed by atoms with Crippen LogP contribution in [0.2, 0.25) is 0 Å². The molecule has 4 heteroatoms. The highest BCUT2D eigenvalue weighted by atomic mass is 16.4. The fourth-order valence-electron chi connectivity index (χ4n) is 1.56. The third-order valence-corrected chi connectivity index (χ3v) is 2.70. The largest absolute Gasteiger partial charge is 0.507 e. The second kappa shape index (κ2) is 4.82. The number of benzene rings is 1. The molecule has 0 saturated heterocycles. The molecule has 0 aromatic heterocycles. The lowest BCUT2D eigenvalue weighted by molar-refractivity contribution is -0.131. The monoisotopic (exact) mass is 234 g/mol. The van der Waals surface area contributed by atoms with E-state index in [0.29, 0.717) is 22.3 Å². The average molecular weight is 234 g/mol. The maximum Gasteiger partial charge on any atom is 0.328 e. The van der Waals surface area contributed by atoms with Crippen LogP contribution >= 0.6 is 0 Å². The van der Waals surface area contributed by atoms with Gasteiger partial charge in [-0.1, -0.05) is 0 Å². The lowest BCUT2D eigenvalue weighted by Crippen LogP contribution is -2.02. The first-order chi connectivity index (χ1) is 7.84. The minimum absolute atomic E-state index is 0.168. The minimum Gasteiger partial charge on any atom is -0.507 e. The highest BCUT2D eigenvalue weighted by Gasteiger charge is 2.13. The van der Waals surface area contributed by atoms with E-state index in [2.05, 4.69) is 0 Å². The Morgan fingerprint density at radius 2 is 1.71 bits per heavy atom. The lowest BCUT2D eigenvalue weighted by Gasteiger charge is -2.10. The summed E-state index contributed by atoms with van der Waals surface area (Å²) in [6, 6.07) is 1.56. The van der Waals surface area contributed by atoms with Crippen LogP contribution < -0.4 is 0 Å². The van der Waals surface area contributed by atoms with Crippen molar-refractivity contribution < 1.29 is 19.8 Å². The summed E-state index contributed by atoms with van der Waals surface area (Å²) in [6.45, 7) is 5.13. The second-order valence-corrected chi connectivity index (χ2v) is 3.88. The molecule has 0 heterocycles. The number of phenolic OH excluding ortho intramolecular Hbond substituents is 1. The predicted octanol–water partition coefficient (Wildman–Crippen LogP) is 2.14. The Balaban J connectivity index is 3.24. The lowest BCUT2D eigenvalue weighted by atomic mass is 9.96. The predicted molar refractivity (Wildman–Crippen MR) is 63.4 cm³/mol. The minimum atomic E-state index is -1.16. The van der Waals surface area contributed by atoms with Crippen LogP contribution in [0.25, 0.3) is 0 Å². The van der Waals surface area contributed by atoms with E-state index in [0.717, 1.165) is 12.2 Å². The number of carboxylic acid groups (broad SMARTS) is 1. The molecular formula is C13H14O4. The number of aromatic hydroxyl groups is 1. The van der Waals surface area contributed by atoms with Crippen LogP contribution in [0, 0.1) is 20.8 Å². The molecule has 90 valence electrons. The first kappa shape index (κ1) is 13.0. The Morgan fingerprint density at radius 1 is 1.12 bits per heavy atom. The maximum absolute atomic E-state index is 11.8. The molecule has 1 aromatic rings. The van der Waals surface area contributed by atoms with Gasteiger partial charge in [-0.15, -0.1) is 0 Å². The summed E-state index contributed by atoms with van der Waals surface area (Å²) in [5.41, 5.74) is 2.31. The third kappa shape index (κ3) is 2.72. The highest BCUT2D eigenvalue weighted by molar-refractivity contribution is 6.08. The van der Waals surface area contributed by atoms with Crippen molar-refractivity contribution in [3.05, 3.63) is 40.5 Å². The van der Waals surface area contributed by atoms with Crippen LogP contribution in [-0.4, -0.2) is 22.0 Å². The molecule has 0 aliphatic carbocycles. The van der Waals surface area contributed by atoms with E-state index in [1.165, 1.54) is 0 Å². The Labute approximate surface area is 99.2 Å². The zero-order valence-corrected chi connectivity index (χ0v) is 9.94. The normalized spacial score (nSPS) is 10.8. The number of ketones is 1. The first-order valence-corrected chi connectivity index (χ1v) is 5.09. The van der Waals surface area contributed by atoms with Gasteiger partial charge in [0.25, 0.3) is 0 Å². The van der Waals surface area contributed by atoms with Crippen LogP contribution in [0.4, 0.5) is 0 Å². The molecule has 4 nitrogen and oxygen atoms in total. The van der Waals surface area contributed by atoms with Crippen molar-refractivity contribution in [2.75, 3.05) is 0 Å². The Hall–Kier alpha value is -2.10. The van der Waals surface area contributed by atoms with Gasteiger partial charge in [0.1, 0.15) is 5.75 Å². The highest BCUT2D eigenvalue weighted by Crippen LogP contribution is 2.27. The summed E-state index contributed by atoms with van der Waals surface area (Å²) < 4.78 is 0. The van der Waals surface area contributed by atoms with Crippen molar-refractivity contribution in [3.8, 4) is 5.75 Å². The van der Waals surface area contributed by atoms with Gasteiger partial charge in [-0.05, 0) is 49.6 Å². The molecule has 1 aromatic carbocycles. The summed E-state index contributed by atoms with van der Waals surface area (Å²) >= 11 is 0. The summed E-state index contributed by atoms with van der Waals surface area (Å²) in [4.78, 5) is 22.1. The maximum atomic E-state index is 11.8. The van der Waals surface area contributed by atoms with Gasteiger partial charge in [-0.3, -0.25) is 4.79 Å². The van der Waals surface area contributed by atoms with Gasteiger partial charge in [0.15, 0.2) is 5.78 Å². The zero-order chi connectivity index (χ0) is 13.2. The zero-order valence-electron chi connectivity index (χ0n) is 9.94. The van der Waals surface area contributed by atoms with Crippen molar-refractivity contribution in [2.45, 2.75) is 20.8 Å². The van der Waals surface area contributed by atoms with Crippen LogP contribution in [0.3, 0.4) is 0 Å². The number of rotatable bonds is 3. The Kier molecular flexibility index (Phi) is 3.68. The number of carboxylic acids is 1. The van der Waals surface area contributed by atoms with Crippen molar-refractivity contribution >= 4 is 11.8 Å². The molecule has 0 saturated carbocycles. The topological polar surface area (TPSA) is 74.6 Å². The molecule has 0 amide bonds. The van der Waals surface area contributed by atoms with Crippen molar-refractivity contribution in [2.24, 2.45) is 0 Å². The Morgan fingerprint density at radius 3 is 2.24 bits per heavy atom. The number of hydrogen-bond donors (Lipinski definition) is 2. The van der Waals surface area contributed by atoms with Crippen molar-refractivity contribution in [3.63, 3.8) is 0 Å². The molecule has 0 fully saturated rings. The number of phenols is 1. The molecule has 0 radical (unpaired) electrons. The molecule has 1 rings (SSSR count). The molecule has 0 aliphatic rings. The number of carbonyl (C=O) groups excluding carboxylic acids is 1. The quantitative estimate of drug-likeness (QED) is 0.620. The van der Waals surface area contributed by atoms with Gasteiger partial charge >= 0.3 is 5.97 Å². The molecule has 0 atom stereocenters. The van der Waals surface area contributed by atoms with Crippen LogP contribution in [0.15, 0.2) is 18.2 Å². The van der Waals surface area contributed by atoms with Crippen LogP contribution in [-0.2, 0) is 4.79 Å². The molecule has 0 bridgehead atoms. The van der Waals surface area contributed by atoms with E-state index in [9.17, 15) is 14.7 Å². The fourth-order valence-corrected chi connectivity index (χ4v) is 1.56. The van der Waals surface area contributed by atoms with Gasteiger partial charge in [0, 0.05) is 11.6 Å². The molecule has 0 aliphatic heterocycles. The van der Waals surface area contributed by atoms with Crippen molar-refractivity contribution in [1.82, 2.24) is 0 Å². The summed E-state index contributed by atoms with van der Waals surface area (Å²) in [5, 5.41) is 18.1. The van der Waals surface area contributed by atoms with Crippen LogP contribution in [0.1, 0.15) is 27.0 Å². The van der Waals surface area contributed by atoms with Crippen LogP contribution in [0.5, 0.6) is 5.75 Å². The standard InChI is InChI=1S/C13H14O4/c1-7-6-10(8(2)9(3)13(7)17)11(14)4-5-12(15)16/h4-6,17H,1-3H3,(H,15,16)/b5-4+. The van der Waals surface area contributed by atoms with E-state index < -0.39 is 5.97 Å². The molecule has 17 heavy (non-hydrogen) atoms. The van der Waals surface area contributed by atoms with Gasteiger partial charge in [0.05, 0.1) is 0 Å². The van der Waals surface area contributed by atoms with Gasteiger partial charge in [-0.25, -0.2) is 4.79 Å². The number of allylic oxidation sites excluding steroid dienone is 1. The van der Waals surface area contributed by atoms with Gasteiger partial charge in [0.2, 0.25) is 0 Å². The van der Waals surface area contributed by atoms with Crippen molar-refractivity contribution in [1.29, 1.82) is 0 Å². The van der Waals surface area contributed by atoms with E-state index in [4.69, 9.17) is 5.11 Å². The first-order valence-electron chi connectivity index (χ1n) is 5.09. The van der Waals surface area contributed by atoms with Gasteiger partial charge in [-0.2, -0.15) is 0 Å². The van der Waals surface area contributed by atoms with E-state index in [-0.39, 0.29) is 11.5 Å². The second-order valence-electron chi connectivity index (χ2n) is 3.88. The number of carbonyl (C=O) groups is 2. The Bertz CT molecular complexity index is 513. The molecule has 2 N–H and O–H groups in total. The van der Waals surface area contributed by atoms with Gasteiger partial charge < -0.3 is 10.2 Å². The number of aliphatic carboxylic acids is 1. The summed E-state index contributed by atoms with van der Waals surface area (Å²) in [5.74, 6) is -1.37. The average Bonchev–Trinajstić information content (AvgIpc) is 2.28. The number of aryl methyl sites for hydroxylation is 1. The van der Waals surface area contributed by atoms with E-state index in [1.54, 1.807) is 26.8 Å². The summed E-state index contributed by atoms with van der Waals surface area (Å²) in [7, 11) is 0. The fraction of sp³-hybridized carbons (Fsp3) is 0.231. The summed E-state index contributed by atoms with van der Waals surface area (Å²) in [6.07, 6.45) is 1.82. The molecular weight excluding hydrogens is 220 g/mol. The SMILES string of the molecule is Cc1cc(C(=O)/C=C/C(=O)O)c(C)c(C)c1O. The number of hydrogen-bond acceptors (Lipinski definition) is 3. The van der Waals surface area contributed by atoms with E-state index in [1.807, 2.05) is 0 Å². The smallest absolute Gasteiger partial charge is 0.328 e. The molecule has 0 spiro atoms.